The molecule has 3 N–H and O–H groups in total. The zero-order chi connectivity index (χ0) is 17.3. The molecule has 0 bridgehead atoms. The monoisotopic (exact) mass is 324 g/mol. The third kappa shape index (κ3) is 3.34. The van der Waals surface area contributed by atoms with Crippen LogP contribution in [-0.4, -0.2) is 25.9 Å². The van der Waals surface area contributed by atoms with Gasteiger partial charge in [0.25, 0.3) is 5.91 Å². The number of hydrogen-bond donors (Lipinski definition) is 2. The molecule has 0 unspecified atom stereocenters. The number of aromatic nitrogens is 4. The van der Waals surface area contributed by atoms with E-state index in [-0.39, 0.29) is 11.1 Å². The molecule has 7 nitrogen and oxygen atoms in total. The summed E-state index contributed by atoms with van der Waals surface area (Å²) in [4.78, 5) is 11.8. The fourth-order valence-corrected chi connectivity index (χ4v) is 2.52. The van der Waals surface area contributed by atoms with Gasteiger partial charge in [0.05, 0.1) is 5.52 Å². The predicted molar refractivity (Wildman–Crippen MR) is 93.0 cm³/mol. The average molecular weight is 324 g/mol. The van der Waals surface area contributed by atoms with Crippen LogP contribution >= 0.6 is 0 Å². The molecule has 1 aromatic carbocycles. The minimum atomic E-state index is -0.538. The second kappa shape index (κ2) is 5.92. The molecule has 0 saturated carbocycles. The molecule has 24 heavy (non-hydrogen) atoms. The van der Waals surface area contributed by atoms with Crippen LogP contribution in [0.5, 0.6) is 0 Å². The zero-order valence-electron chi connectivity index (χ0n) is 13.9. The molecule has 0 radical (unpaired) electrons. The highest BCUT2D eigenvalue weighted by atomic mass is 16.1. The molecule has 0 saturated heterocycles. The largest absolute Gasteiger partial charge is 0.364 e. The lowest BCUT2D eigenvalue weighted by Crippen LogP contribution is -2.18. The van der Waals surface area contributed by atoms with Gasteiger partial charge in [0.1, 0.15) is 0 Å². The Bertz CT molecular complexity index is 879. The first-order valence-electron chi connectivity index (χ1n) is 7.68. The Morgan fingerprint density at radius 3 is 2.71 bits per heavy atom. The molecule has 3 rings (SSSR count). The minimum Gasteiger partial charge on any atom is -0.364 e. The van der Waals surface area contributed by atoms with E-state index in [0.29, 0.717) is 12.4 Å². The molecule has 0 aliphatic rings. The van der Waals surface area contributed by atoms with Gasteiger partial charge in [-0.15, -0.1) is 5.10 Å². The van der Waals surface area contributed by atoms with Crippen molar-refractivity contribution in [2.24, 2.45) is 11.1 Å². The van der Waals surface area contributed by atoms with Crippen molar-refractivity contribution in [2.45, 2.75) is 27.3 Å². The average Bonchev–Trinajstić information content (AvgIpc) is 2.85. The molecule has 0 fully saturated rings. The summed E-state index contributed by atoms with van der Waals surface area (Å²) in [7, 11) is 0. The summed E-state index contributed by atoms with van der Waals surface area (Å²) in [5, 5.41) is 16.1. The standard InChI is InChI=1S/C17H20N6O/c1-17(2,3)10-23-13-7-6-11(20-14-5-4-8-19-21-14)9-12(13)15(22-23)16(18)24/h4-9H,10H2,1-3H3,(H2,18,24)(H,20,21). The molecule has 3 aromatic rings. The van der Waals surface area contributed by atoms with Gasteiger partial charge >= 0.3 is 0 Å². The molecule has 0 aliphatic heterocycles. The molecule has 124 valence electrons. The van der Waals surface area contributed by atoms with Crippen LogP contribution in [0.15, 0.2) is 36.5 Å². The second-order valence-electron chi connectivity index (χ2n) is 6.90. The van der Waals surface area contributed by atoms with Crippen molar-refractivity contribution >= 4 is 28.3 Å². The van der Waals surface area contributed by atoms with E-state index in [4.69, 9.17) is 5.73 Å². The highest BCUT2D eigenvalue weighted by molar-refractivity contribution is 6.05. The third-order valence-electron chi connectivity index (χ3n) is 3.45. The maximum atomic E-state index is 11.8. The van der Waals surface area contributed by atoms with E-state index in [9.17, 15) is 4.79 Å². The van der Waals surface area contributed by atoms with Gasteiger partial charge < -0.3 is 11.1 Å². The fraction of sp³-hybridized carbons (Fsp3) is 0.294. The van der Waals surface area contributed by atoms with Gasteiger partial charge in [-0.3, -0.25) is 9.48 Å². The van der Waals surface area contributed by atoms with Crippen LogP contribution in [-0.2, 0) is 6.54 Å². The van der Waals surface area contributed by atoms with Gasteiger partial charge in [0, 0.05) is 23.8 Å². The molecule has 0 spiro atoms. The quantitative estimate of drug-likeness (QED) is 0.769. The van der Waals surface area contributed by atoms with Crippen molar-refractivity contribution in [1.82, 2.24) is 20.0 Å². The Morgan fingerprint density at radius 1 is 1.29 bits per heavy atom. The number of nitrogens with zero attached hydrogens (tertiary/aromatic N) is 4. The Kier molecular flexibility index (Phi) is 3.92. The maximum Gasteiger partial charge on any atom is 0.269 e. The van der Waals surface area contributed by atoms with Gasteiger partial charge in [0.2, 0.25) is 0 Å². The minimum absolute atomic E-state index is 0.0322. The van der Waals surface area contributed by atoms with Gasteiger partial charge in [-0.1, -0.05) is 20.8 Å². The van der Waals surface area contributed by atoms with Crippen molar-refractivity contribution < 1.29 is 4.79 Å². The van der Waals surface area contributed by atoms with E-state index >= 15 is 0 Å². The number of anilines is 2. The first kappa shape index (κ1) is 15.9. The summed E-state index contributed by atoms with van der Waals surface area (Å²) in [6, 6.07) is 9.32. The van der Waals surface area contributed by atoms with Crippen molar-refractivity contribution in [3.8, 4) is 0 Å². The molecular weight excluding hydrogens is 304 g/mol. The molecule has 0 atom stereocenters. The number of carbonyl (C=O) groups excluding carboxylic acids is 1. The summed E-state index contributed by atoms with van der Waals surface area (Å²) in [5.74, 6) is 0.0869. The van der Waals surface area contributed by atoms with Crippen LogP contribution in [0.4, 0.5) is 11.5 Å². The van der Waals surface area contributed by atoms with Gasteiger partial charge in [-0.25, -0.2) is 0 Å². The molecule has 2 aromatic heterocycles. The van der Waals surface area contributed by atoms with E-state index in [0.717, 1.165) is 16.6 Å². The highest BCUT2D eigenvalue weighted by Crippen LogP contribution is 2.27. The topological polar surface area (TPSA) is 98.7 Å². The normalized spacial score (nSPS) is 11.6. The first-order chi connectivity index (χ1) is 11.3. The maximum absolute atomic E-state index is 11.8. The lowest BCUT2D eigenvalue weighted by atomic mass is 9.97. The Balaban J connectivity index is 2.04. The first-order valence-corrected chi connectivity index (χ1v) is 7.68. The predicted octanol–water partition coefficient (Wildman–Crippen LogP) is 2.71. The number of nitrogens with one attached hydrogen (secondary N) is 1. The number of hydrogen-bond acceptors (Lipinski definition) is 5. The van der Waals surface area contributed by atoms with Crippen molar-refractivity contribution in [1.29, 1.82) is 0 Å². The van der Waals surface area contributed by atoms with E-state index < -0.39 is 5.91 Å². The van der Waals surface area contributed by atoms with Crippen molar-refractivity contribution in [2.75, 3.05) is 5.32 Å². The number of nitrogens with two attached hydrogens (primary N) is 1. The number of rotatable bonds is 4. The lowest BCUT2D eigenvalue weighted by molar-refractivity contribution is 0.0995. The Morgan fingerprint density at radius 2 is 2.08 bits per heavy atom. The summed E-state index contributed by atoms with van der Waals surface area (Å²) >= 11 is 0. The van der Waals surface area contributed by atoms with Crippen LogP contribution in [0.1, 0.15) is 31.3 Å². The number of benzene rings is 1. The van der Waals surface area contributed by atoms with Crippen LogP contribution in [0.3, 0.4) is 0 Å². The van der Waals surface area contributed by atoms with Crippen LogP contribution in [0, 0.1) is 5.41 Å². The second-order valence-corrected chi connectivity index (χ2v) is 6.90. The summed E-state index contributed by atoms with van der Waals surface area (Å²) < 4.78 is 1.83. The van der Waals surface area contributed by atoms with Crippen molar-refractivity contribution in [3.63, 3.8) is 0 Å². The summed E-state index contributed by atoms with van der Waals surface area (Å²) in [5.41, 5.74) is 7.48. The fourth-order valence-electron chi connectivity index (χ4n) is 2.52. The third-order valence-corrected chi connectivity index (χ3v) is 3.45. The van der Waals surface area contributed by atoms with E-state index in [1.807, 2.05) is 28.9 Å². The smallest absolute Gasteiger partial charge is 0.269 e. The molecule has 0 aliphatic carbocycles. The van der Waals surface area contributed by atoms with E-state index in [1.165, 1.54) is 0 Å². The van der Waals surface area contributed by atoms with Gasteiger partial charge in [-0.05, 0) is 35.7 Å². The summed E-state index contributed by atoms with van der Waals surface area (Å²) in [6.45, 7) is 7.05. The van der Waals surface area contributed by atoms with Gasteiger partial charge in [-0.2, -0.15) is 10.2 Å². The number of primary amides is 1. The zero-order valence-corrected chi connectivity index (χ0v) is 13.9. The summed E-state index contributed by atoms with van der Waals surface area (Å²) in [6.07, 6.45) is 1.61. The molecular formula is C17H20N6O. The molecule has 2 heterocycles. The molecule has 1 amide bonds. The van der Waals surface area contributed by atoms with E-state index in [2.05, 4.69) is 41.4 Å². The van der Waals surface area contributed by atoms with Gasteiger partial charge in [0.15, 0.2) is 11.5 Å². The number of carbonyl (C=O) groups is 1. The number of amides is 1. The van der Waals surface area contributed by atoms with Crippen LogP contribution < -0.4 is 11.1 Å². The van der Waals surface area contributed by atoms with E-state index in [1.54, 1.807) is 12.3 Å². The highest BCUT2D eigenvalue weighted by Gasteiger charge is 2.19. The Labute approximate surface area is 139 Å². The van der Waals surface area contributed by atoms with Crippen molar-refractivity contribution in [3.05, 3.63) is 42.2 Å². The van der Waals surface area contributed by atoms with Crippen LogP contribution in [0.25, 0.3) is 10.9 Å². The lowest BCUT2D eigenvalue weighted by Gasteiger charge is -2.18. The molecule has 7 heteroatoms. The Hall–Kier alpha value is -2.96. The van der Waals surface area contributed by atoms with Crippen LogP contribution in [0.2, 0.25) is 0 Å². The SMILES string of the molecule is CC(C)(C)Cn1nc(C(N)=O)c2cc(Nc3cccnn3)ccc21. The number of fused-ring (bicyclic) bond motifs is 1.